The molecule has 1 heterocycles. The summed E-state index contributed by atoms with van der Waals surface area (Å²) < 4.78 is 18.1. The van der Waals surface area contributed by atoms with Gasteiger partial charge in [0.2, 0.25) is 0 Å². The number of benzene rings is 1. The summed E-state index contributed by atoms with van der Waals surface area (Å²) in [7, 11) is 0. The van der Waals surface area contributed by atoms with E-state index in [0.29, 0.717) is 0 Å². The van der Waals surface area contributed by atoms with Gasteiger partial charge in [0, 0.05) is 31.7 Å². The van der Waals surface area contributed by atoms with Crippen molar-refractivity contribution in [3.8, 4) is 0 Å². The van der Waals surface area contributed by atoms with Crippen LogP contribution >= 0.6 is 0 Å². The molecular weight excluding hydrogens is 267 g/mol. The molecule has 0 spiro atoms. The number of hydrogen-bond donors (Lipinski definition) is 3. The van der Waals surface area contributed by atoms with Crippen molar-refractivity contribution in [3.05, 3.63) is 30.1 Å². The largest absolute Gasteiger partial charge is 0.480 e. The molecule has 2 rings (SSSR count). The number of halogens is 1. The highest BCUT2D eigenvalue weighted by Gasteiger charge is 2.41. The minimum atomic E-state index is -1.34. The topological polar surface area (TPSA) is 87.7 Å². The number of ether oxygens (including phenoxy) is 1. The van der Waals surface area contributed by atoms with Gasteiger partial charge in [-0.25, -0.2) is 14.0 Å². The number of aliphatic carboxylic acids is 1. The van der Waals surface area contributed by atoms with Gasteiger partial charge in [0.25, 0.3) is 0 Å². The van der Waals surface area contributed by atoms with E-state index in [4.69, 9.17) is 4.74 Å². The number of carboxylic acids is 1. The molecule has 1 aromatic rings. The van der Waals surface area contributed by atoms with Crippen LogP contribution < -0.4 is 10.6 Å². The van der Waals surface area contributed by atoms with Gasteiger partial charge in [-0.1, -0.05) is 6.07 Å². The van der Waals surface area contributed by atoms with Crippen LogP contribution in [0.3, 0.4) is 0 Å². The van der Waals surface area contributed by atoms with E-state index in [2.05, 4.69) is 10.6 Å². The molecule has 0 aliphatic carbocycles. The maximum Gasteiger partial charge on any atom is 0.329 e. The molecule has 7 heteroatoms. The van der Waals surface area contributed by atoms with E-state index in [0.717, 1.165) is 6.07 Å². The van der Waals surface area contributed by atoms with Crippen molar-refractivity contribution in [2.45, 2.75) is 18.4 Å². The van der Waals surface area contributed by atoms with Gasteiger partial charge < -0.3 is 20.5 Å². The summed E-state index contributed by atoms with van der Waals surface area (Å²) in [5.41, 5.74) is -1.08. The van der Waals surface area contributed by atoms with Gasteiger partial charge in [-0.2, -0.15) is 0 Å². The average Bonchev–Trinajstić information content (AvgIpc) is 2.39. The summed E-state index contributed by atoms with van der Waals surface area (Å²) in [4.78, 5) is 23.2. The first kappa shape index (κ1) is 14.3. The third-order valence-electron chi connectivity index (χ3n) is 3.19. The summed E-state index contributed by atoms with van der Waals surface area (Å²) in [6.45, 7) is 0.541. The van der Waals surface area contributed by atoms with Crippen LogP contribution in [0.25, 0.3) is 0 Å². The van der Waals surface area contributed by atoms with E-state index >= 15 is 0 Å². The number of nitrogens with one attached hydrogen (secondary N) is 2. The van der Waals surface area contributed by atoms with Crippen molar-refractivity contribution in [2.75, 3.05) is 18.5 Å². The van der Waals surface area contributed by atoms with Gasteiger partial charge in [0.15, 0.2) is 0 Å². The highest BCUT2D eigenvalue weighted by molar-refractivity contribution is 5.93. The molecule has 0 atom stereocenters. The third kappa shape index (κ3) is 3.24. The van der Waals surface area contributed by atoms with Crippen molar-refractivity contribution in [2.24, 2.45) is 0 Å². The molecule has 0 radical (unpaired) electrons. The van der Waals surface area contributed by atoms with Gasteiger partial charge in [-0.15, -0.1) is 0 Å². The standard InChI is InChI=1S/C13H15FN2O4/c14-9-2-1-3-10(8-9)15-12(19)16-13(11(17)18)4-6-20-7-5-13/h1-3,8H,4-7H2,(H,17,18)(H2,15,16,19). The minimum absolute atomic E-state index is 0.193. The van der Waals surface area contributed by atoms with E-state index in [1.807, 2.05) is 0 Å². The molecule has 1 aromatic carbocycles. The van der Waals surface area contributed by atoms with Crippen molar-refractivity contribution in [3.63, 3.8) is 0 Å². The molecule has 1 fully saturated rings. The first-order valence-corrected chi connectivity index (χ1v) is 6.18. The van der Waals surface area contributed by atoms with E-state index in [9.17, 15) is 19.1 Å². The second-order valence-electron chi connectivity index (χ2n) is 4.59. The summed E-state index contributed by atoms with van der Waals surface area (Å²) in [6, 6.07) is 4.68. The number of carbonyl (C=O) groups excluding carboxylic acids is 1. The van der Waals surface area contributed by atoms with Gasteiger partial charge in [-0.3, -0.25) is 0 Å². The van der Waals surface area contributed by atoms with Crippen molar-refractivity contribution in [1.82, 2.24) is 5.32 Å². The van der Waals surface area contributed by atoms with Gasteiger partial charge in [-0.05, 0) is 18.2 Å². The number of anilines is 1. The molecule has 6 nitrogen and oxygen atoms in total. The summed E-state index contributed by atoms with van der Waals surface area (Å²) in [5, 5.41) is 14.2. The summed E-state index contributed by atoms with van der Waals surface area (Å²) in [5.74, 6) is -1.59. The summed E-state index contributed by atoms with van der Waals surface area (Å²) in [6.07, 6.45) is 0.387. The molecule has 108 valence electrons. The van der Waals surface area contributed by atoms with Crippen molar-refractivity contribution < 1.29 is 23.8 Å². The Kier molecular flexibility index (Phi) is 4.19. The molecule has 2 amide bonds. The van der Waals surface area contributed by atoms with Crippen molar-refractivity contribution >= 4 is 17.7 Å². The van der Waals surface area contributed by atoms with E-state index in [-0.39, 0.29) is 31.7 Å². The van der Waals surface area contributed by atoms with E-state index in [1.54, 1.807) is 0 Å². The maximum atomic E-state index is 13.0. The molecule has 1 saturated heterocycles. The van der Waals surface area contributed by atoms with Crippen LogP contribution in [0.1, 0.15) is 12.8 Å². The van der Waals surface area contributed by atoms with Crippen LogP contribution in [0.2, 0.25) is 0 Å². The van der Waals surface area contributed by atoms with Crippen molar-refractivity contribution in [1.29, 1.82) is 0 Å². The lowest BCUT2D eigenvalue weighted by molar-refractivity contribution is -0.148. The van der Waals surface area contributed by atoms with Gasteiger partial charge in [0.1, 0.15) is 11.4 Å². The van der Waals surface area contributed by atoms with E-state index < -0.39 is 23.4 Å². The predicted molar refractivity (Wildman–Crippen MR) is 69.0 cm³/mol. The Balaban J connectivity index is 2.03. The monoisotopic (exact) mass is 282 g/mol. The molecule has 3 N–H and O–H groups in total. The molecule has 0 aromatic heterocycles. The minimum Gasteiger partial charge on any atom is -0.480 e. The number of amides is 2. The fourth-order valence-electron chi connectivity index (χ4n) is 2.06. The van der Waals surface area contributed by atoms with E-state index in [1.165, 1.54) is 18.2 Å². The summed E-state index contributed by atoms with van der Waals surface area (Å²) >= 11 is 0. The normalized spacial score (nSPS) is 17.2. The Morgan fingerprint density at radius 3 is 2.60 bits per heavy atom. The zero-order valence-corrected chi connectivity index (χ0v) is 10.7. The van der Waals surface area contributed by atoms with Crippen LogP contribution in [-0.4, -0.2) is 35.9 Å². The molecule has 1 aliphatic rings. The molecule has 0 unspecified atom stereocenters. The van der Waals surface area contributed by atoms with Crippen LogP contribution in [-0.2, 0) is 9.53 Å². The third-order valence-corrected chi connectivity index (χ3v) is 3.19. The fourth-order valence-corrected chi connectivity index (χ4v) is 2.06. The van der Waals surface area contributed by atoms with Gasteiger partial charge in [0.05, 0.1) is 0 Å². The highest BCUT2D eigenvalue weighted by atomic mass is 19.1. The maximum absolute atomic E-state index is 13.0. The SMILES string of the molecule is O=C(Nc1cccc(F)c1)NC1(C(=O)O)CCOCC1. The predicted octanol–water partition coefficient (Wildman–Crippen LogP) is 1.58. The molecule has 0 saturated carbocycles. The Morgan fingerprint density at radius 1 is 1.30 bits per heavy atom. The van der Waals surface area contributed by atoms with Gasteiger partial charge >= 0.3 is 12.0 Å². The lowest BCUT2D eigenvalue weighted by Gasteiger charge is -2.33. The van der Waals surface area contributed by atoms with Crippen LogP contribution in [0.4, 0.5) is 14.9 Å². The second-order valence-corrected chi connectivity index (χ2v) is 4.59. The first-order chi connectivity index (χ1) is 9.52. The van der Waals surface area contributed by atoms with Crippen LogP contribution in [0.5, 0.6) is 0 Å². The molecular formula is C13H15FN2O4. The number of carboxylic acid groups (broad SMARTS) is 1. The second kappa shape index (κ2) is 5.87. The Labute approximate surface area is 114 Å². The quantitative estimate of drug-likeness (QED) is 0.785. The molecule has 20 heavy (non-hydrogen) atoms. The zero-order chi connectivity index (χ0) is 14.6. The lowest BCUT2D eigenvalue weighted by Crippen LogP contribution is -2.58. The zero-order valence-electron chi connectivity index (χ0n) is 10.7. The Hall–Kier alpha value is -2.15. The van der Waals surface area contributed by atoms with Crippen LogP contribution in [0.15, 0.2) is 24.3 Å². The molecule has 0 bridgehead atoms. The smallest absolute Gasteiger partial charge is 0.329 e. The number of rotatable bonds is 3. The fraction of sp³-hybridized carbons (Fsp3) is 0.385. The Morgan fingerprint density at radius 2 is 2.00 bits per heavy atom. The first-order valence-electron chi connectivity index (χ1n) is 6.18. The number of hydrogen-bond acceptors (Lipinski definition) is 3. The lowest BCUT2D eigenvalue weighted by atomic mass is 9.90. The Bertz CT molecular complexity index is 515. The highest BCUT2D eigenvalue weighted by Crippen LogP contribution is 2.21. The average molecular weight is 282 g/mol. The number of carbonyl (C=O) groups is 2. The van der Waals surface area contributed by atoms with Crippen LogP contribution in [0, 0.1) is 5.82 Å². The number of urea groups is 1. The molecule has 1 aliphatic heterocycles.